The molecule has 0 saturated heterocycles. The van der Waals surface area contributed by atoms with E-state index < -0.39 is 10.0 Å². The Kier molecular flexibility index (Phi) is 5.32. The van der Waals surface area contributed by atoms with Gasteiger partial charge in [-0.2, -0.15) is 5.10 Å². The van der Waals surface area contributed by atoms with Crippen LogP contribution in [-0.2, 0) is 17.1 Å². The lowest BCUT2D eigenvalue weighted by Gasteiger charge is -2.34. The second kappa shape index (κ2) is 8.29. The summed E-state index contributed by atoms with van der Waals surface area (Å²) in [6.07, 6.45) is 8.97. The standard InChI is InChI=1S/C26H28N4O4S/c1-29-12-18(11-28-29)23-13-30(35(33,34)19-5-3-2-4-6-19)26-22(23)9-17(10-27-26)20-7-16-8-21(20)25(15-32)24(16)14-31/h2-6,9-13,16,20-21,24-25,31-32H,7-8,14-15H2,1H3. The molecule has 2 N–H and O–H groups in total. The van der Waals surface area contributed by atoms with E-state index in [0.29, 0.717) is 17.5 Å². The van der Waals surface area contributed by atoms with Gasteiger partial charge in [-0.3, -0.25) is 4.68 Å². The molecule has 2 saturated carbocycles. The number of rotatable bonds is 6. The maximum absolute atomic E-state index is 13.5. The molecule has 0 radical (unpaired) electrons. The van der Waals surface area contributed by atoms with E-state index in [1.54, 1.807) is 53.6 Å². The van der Waals surface area contributed by atoms with Crippen molar-refractivity contribution in [3.05, 3.63) is 66.7 Å². The molecule has 0 spiro atoms. The first-order chi connectivity index (χ1) is 16.9. The zero-order valence-electron chi connectivity index (χ0n) is 19.4. The molecule has 182 valence electrons. The highest BCUT2D eigenvalue weighted by molar-refractivity contribution is 7.90. The van der Waals surface area contributed by atoms with E-state index in [1.807, 2.05) is 13.2 Å². The fourth-order valence-electron chi connectivity index (χ4n) is 6.52. The highest BCUT2D eigenvalue weighted by atomic mass is 32.2. The highest BCUT2D eigenvalue weighted by Crippen LogP contribution is 2.58. The largest absolute Gasteiger partial charge is 0.396 e. The first kappa shape index (κ1) is 22.5. The van der Waals surface area contributed by atoms with Crippen LogP contribution < -0.4 is 0 Å². The lowest BCUT2D eigenvalue weighted by Crippen LogP contribution is -2.31. The van der Waals surface area contributed by atoms with Crippen LogP contribution in [0.25, 0.3) is 22.2 Å². The summed E-state index contributed by atoms with van der Waals surface area (Å²) in [4.78, 5) is 4.89. The van der Waals surface area contributed by atoms with Gasteiger partial charge >= 0.3 is 0 Å². The van der Waals surface area contributed by atoms with Gasteiger partial charge in [0.2, 0.25) is 0 Å². The molecule has 6 rings (SSSR count). The van der Waals surface area contributed by atoms with E-state index in [0.717, 1.165) is 34.9 Å². The summed E-state index contributed by atoms with van der Waals surface area (Å²) in [5.74, 6) is 1.15. The smallest absolute Gasteiger partial charge is 0.269 e. The van der Waals surface area contributed by atoms with Crippen molar-refractivity contribution in [2.75, 3.05) is 13.2 Å². The molecule has 2 fully saturated rings. The van der Waals surface area contributed by atoms with Gasteiger partial charge < -0.3 is 10.2 Å². The van der Waals surface area contributed by atoms with Crippen LogP contribution in [0.15, 0.2) is 66.1 Å². The Bertz CT molecular complexity index is 1490. The normalized spacial score (nSPS) is 26.1. The van der Waals surface area contributed by atoms with Crippen LogP contribution in [0.4, 0.5) is 0 Å². The minimum Gasteiger partial charge on any atom is -0.396 e. The van der Waals surface area contributed by atoms with Crippen molar-refractivity contribution in [1.82, 2.24) is 18.7 Å². The van der Waals surface area contributed by atoms with Crippen molar-refractivity contribution in [1.29, 1.82) is 0 Å². The van der Waals surface area contributed by atoms with Gasteiger partial charge in [0.15, 0.2) is 5.65 Å². The third-order valence-electron chi connectivity index (χ3n) is 8.15. The molecule has 3 aromatic heterocycles. The first-order valence-corrected chi connectivity index (χ1v) is 13.4. The zero-order chi connectivity index (χ0) is 24.3. The molecule has 5 unspecified atom stereocenters. The summed E-state index contributed by atoms with van der Waals surface area (Å²) in [6.45, 7) is 0.187. The second-order valence-corrected chi connectivity index (χ2v) is 11.7. The van der Waals surface area contributed by atoms with Gasteiger partial charge in [0.25, 0.3) is 10.0 Å². The van der Waals surface area contributed by atoms with E-state index in [1.165, 1.54) is 3.97 Å². The predicted octanol–water partition coefficient (Wildman–Crippen LogP) is 3.01. The Morgan fingerprint density at radius 3 is 2.49 bits per heavy atom. The van der Waals surface area contributed by atoms with Gasteiger partial charge in [-0.25, -0.2) is 17.4 Å². The number of aliphatic hydroxyl groups excluding tert-OH is 2. The number of fused-ring (bicyclic) bond motifs is 3. The van der Waals surface area contributed by atoms with Gasteiger partial charge in [0.05, 0.1) is 11.1 Å². The fourth-order valence-corrected chi connectivity index (χ4v) is 7.86. The van der Waals surface area contributed by atoms with Crippen LogP contribution in [0.1, 0.15) is 24.3 Å². The molecular weight excluding hydrogens is 464 g/mol. The summed E-state index contributed by atoms with van der Waals surface area (Å²) in [5, 5.41) is 24.9. The number of nitrogens with zero attached hydrogens (tertiary/aromatic N) is 4. The maximum atomic E-state index is 13.5. The Labute approximate surface area is 203 Å². The topological polar surface area (TPSA) is 110 Å². The first-order valence-electron chi connectivity index (χ1n) is 11.9. The van der Waals surface area contributed by atoms with Gasteiger partial charge in [0.1, 0.15) is 0 Å². The molecular formula is C26H28N4O4S. The highest BCUT2D eigenvalue weighted by Gasteiger charge is 2.52. The molecule has 35 heavy (non-hydrogen) atoms. The van der Waals surface area contributed by atoms with Gasteiger partial charge in [0, 0.05) is 55.4 Å². The minimum absolute atomic E-state index is 0.0746. The minimum atomic E-state index is -3.84. The van der Waals surface area contributed by atoms with Crippen LogP contribution in [0.2, 0.25) is 0 Å². The average molecular weight is 493 g/mol. The van der Waals surface area contributed by atoms with E-state index in [9.17, 15) is 18.6 Å². The molecule has 0 aliphatic heterocycles. The quantitative estimate of drug-likeness (QED) is 0.428. The average Bonchev–Trinajstić information content (AvgIpc) is 3.65. The van der Waals surface area contributed by atoms with Crippen molar-refractivity contribution < 1.29 is 18.6 Å². The number of benzene rings is 1. The Hall–Kier alpha value is -3.01. The molecule has 8 nitrogen and oxygen atoms in total. The van der Waals surface area contributed by atoms with Crippen LogP contribution in [0.5, 0.6) is 0 Å². The van der Waals surface area contributed by atoms with Crippen molar-refractivity contribution in [2.24, 2.45) is 30.7 Å². The molecule has 2 bridgehead atoms. The van der Waals surface area contributed by atoms with E-state index >= 15 is 0 Å². The van der Waals surface area contributed by atoms with Crippen molar-refractivity contribution >= 4 is 21.1 Å². The van der Waals surface area contributed by atoms with E-state index in [2.05, 4.69) is 16.1 Å². The van der Waals surface area contributed by atoms with Crippen molar-refractivity contribution in [3.63, 3.8) is 0 Å². The fraction of sp³-hybridized carbons (Fsp3) is 0.385. The van der Waals surface area contributed by atoms with Crippen LogP contribution >= 0.6 is 0 Å². The third kappa shape index (κ3) is 3.44. The molecule has 2 aliphatic rings. The number of hydrogen-bond donors (Lipinski definition) is 2. The van der Waals surface area contributed by atoms with Gasteiger partial charge in [-0.05, 0) is 66.2 Å². The number of aromatic nitrogens is 4. The summed E-state index contributed by atoms with van der Waals surface area (Å²) in [5.41, 5.74) is 3.02. The number of pyridine rings is 1. The molecule has 4 aromatic rings. The van der Waals surface area contributed by atoms with Crippen LogP contribution in [0, 0.1) is 23.7 Å². The lowest BCUT2D eigenvalue weighted by molar-refractivity contribution is 0.0703. The van der Waals surface area contributed by atoms with Crippen molar-refractivity contribution in [3.8, 4) is 11.1 Å². The summed E-state index contributed by atoms with van der Waals surface area (Å²) in [6, 6.07) is 10.4. The predicted molar refractivity (Wildman–Crippen MR) is 131 cm³/mol. The molecule has 3 heterocycles. The second-order valence-electron chi connectivity index (χ2n) is 9.89. The van der Waals surface area contributed by atoms with E-state index in [4.69, 9.17) is 0 Å². The maximum Gasteiger partial charge on any atom is 0.269 e. The molecule has 9 heteroatoms. The van der Waals surface area contributed by atoms with Crippen LogP contribution in [-0.4, -0.2) is 50.6 Å². The molecule has 5 atom stereocenters. The molecule has 2 aliphatic carbocycles. The number of aliphatic hydroxyl groups is 2. The molecule has 0 amide bonds. The third-order valence-corrected chi connectivity index (χ3v) is 9.82. The zero-order valence-corrected chi connectivity index (χ0v) is 20.2. The van der Waals surface area contributed by atoms with Crippen LogP contribution in [0.3, 0.4) is 0 Å². The monoisotopic (exact) mass is 492 g/mol. The Balaban J connectivity index is 1.49. The molecule has 1 aromatic carbocycles. The van der Waals surface area contributed by atoms with Crippen molar-refractivity contribution in [2.45, 2.75) is 23.7 Å². The lowest BCUT2D eigenvalue weighted by atomic mass is 9.72. The SMILES string of the molecule is Cn1cc(-c2cn(S(=O)(=O)c3ccccc3)c3ncc(C4CC5CC4C(CO)C5CO)cc23)cn1. The number of aryl methyl sites for hydroxylation is 1. The Morgan fingerprint density at radius 1 is 1.03 bits per heavy atom. The van der Waals surface area contributed by atoms with Gasteiger partial charge in [-0.1, -0.05) is 18.2 Å². The van der Waals surface area contributed by atoms with Gasteiger partial charge in [-0.15, -0.1) is 0 Å². The number of hydrogen-bond acceptors (Lipinski definition) is 6. The van der Waals surface area contributed by atoms with E-state index in [-0.39, 0.29) is 35.9 Å². The summed E-state index contributed by atoms with van der Waals surface area (Å²) < 4.78 is 30.0. The summed E-state index contributed by atoms with van der Waals surface area (Å²) >= 11 is 0. The summed E-state index contributed by atoms with van der Waals surface area (Å²) in [7, 11) is -2.02. The Morgan fingerprint density at radius 2 is 1.80 bits per heavy atom.